The maximum Gasteiger partial charge on any atom is 0.269 e. The zero-order chi connectivity index (χ0) is 18.4. The van der Waals surface area contributed by atoms with Crippen molar-refractivity contribution in [3.8, 4) is 11.3 Å². The van der Waals surface area contributed by atoms with Gasteiger partial charge in [0.2, 0.25) is 0 Å². The molecule has 0 atom stereocenters. The monoisotopic (exact) mass is 347 g/mol. The summed E-state index contributed by atoms with van der Waals surface area (Å²) in [6.07, 6.45) is 2.54. The summed E-state index contributed by atoms with van der Waals surface area (Å²) in [6, 6.07) is 18.1. The second-order valence-corrected chi connectivity index (χ2v) is 5.86. The average molecular weight is 347 g/mol. The number of nitrogens with two attached hydrogens (primary N) is 2. The highest BCUT2D eigenvalue weighted by atomic mass is 16.1. The summed E-state index contributed by atoms with van der Waals surface area (Å²) in [7, 11) is 0. The Morgan fingerprint density at radius 3 is 2.62 bits per heavy atom. The third-order valence-corrected chi connectivity index (χ3v) is 4.02. The van der Waals surface area contributed by atoms with E-state index in [1.165, 1.54) is 5.56 Å². The summed E-state index contributed by atoms with van der Waals surface area (Å²) >= 11 is 0. The van der Waals surface area contributed by atoms with Crippen molar-refractivity contribution in [3.63, 3.8) is 0 Å². The molecule has 0 radical (unpaired) electrons. The van der Waals surface area contributed by atoms with Crippen molar-refractivity contribution in [3.05, 3.63) is 77.7 Å². The van der Waals surface area contributed by atoms with E-state index < -0.39 is 5.91 Å². The number of carbonyl (C=O) groups excluding carboxylic acids is 1. The fourth-order valence-corrected chi connectivity index (χ4v) is 2.68. The van der Waals surface area contributed by atoms with E-state index in [2.05, 4.69) is 27.4 Å². The molecule has 6 heteroatoms. The Morgan fingerprint density at radius 2 is 1.88 bits per heavy atom. The van der Waals surface area contributed by atoms with Crippen LogP contribution in [0.1, 0.15) is 21.7 Å². The van der Waals surface area contributed by atoms with Gasteiger partial charge in [-0.2, -0.15) is 0 Å². The molecule has 0 unspecified atom stereocenters. The van der Waals surface area contributed by atoms with Crippen molar-refractivity contribution in [2.45, 2.75) is 13.0 Å². The number of nitrogens with one attached hydrogen (secondary N) is 1. The van der Waals surface area contributed by atoms with E-state index in [0.29, 0.717) is 11.4 Å². The van der Waals surface area contributed by atoms with Crippen LogP contribution in [0.15, 0.2) is 60.8 Å². The van der Waals surface area contributed by atoms with E-state index >= 15 is 0 Å². The Morgan fingerprint density at radius 1 is 1.08 bits per heavy atom. The Bertz CT molecular complexity index is 896. The van der Waals surface area contributed by atoms with Crippen LogP contribution in [-0.2, 0) is 13.0 Å². The fraction of sp³-hybridized carbons (Fsp3) is 0.150. The van der Waals surface area contributed by atoms with Gasteiger partial charge in [0.05, 0.1) is 17.6 Å². The largest absolute Gasteiger partial charge is 0.385 e. The van der Waals surface area contributed by atoms with Crippen molar-refractivity contribution in [1.29, 1.82) is 0 Å². The number of amides is 1. The smallest absolute Gasteiger partial charge is 0.269 e. The van der Waals surface area contributed by atoms with E-state index in [-0.39, 0.29) is 12.2 Å². The van der Waals surface area contributed by atoms with Crippen LogP contribution < -0.4 is 16.8 Å². The van der Waals surface area contributed by atoms with Gasteiger partial charge in [-0.05, 0) is 24.1 Å². The predicted molar refractivity (Wildman–Crippen MR) is 103 cm³/mol. The van der Waals surface area contributed by atoms with Crippen LogP contribution in [0, 0.1) is 0 Å². The third-order valence-electron chi connectivity index (χ3n) is 4.02. The Kier molecular flexibility index (Phi) is 5.56. The number of hydrogen-bond donors (Lipinski definition) is 3. The first-order valence-corrected chi connectivity index (χ1v) is 8.41. The lowest BCUT2D eigenvalue weighted by atomic mass is 10.1. The number of primary amides is 1. The first kappa shape index (κ1) is 17.6. The number of nitrogens with zero attached hydrogens (tertiary/aromatic N) is 2. The minimum Gasteiger partial charge on any atom is -0.385 e. The highest BCUT2D eigenvalue weighted by molar-refractivity contribution is 5.92. The van der Waals surface area contributed by atoms with Crippen LogP contribution in [0.25, 0.3) is 11.3 Å². The molecule has 132 valence electrons. The van der Waals surface area contributed by atoms with Crippen molar-refractivity contribution in [2.24, 2.45) is 11.5 Å². The molecule has 1 amide bonds. The second kappa shape index (κ2) is 8.22. The molecule has 0 spiro atoms. The van der Waals surface area contributed by atoms with Gasteiger partial charge in [-0.1, -0.05) is 42.5 Å². The van der Waals surface area contributed by atoms with Gasteiger partial charge in [0, 0.05) is 24.3 Å². The van der Waals surface area contributed by atoms with Crippen LogP contribution in [0.2, 0.25) is 0 Å². The average Bonchev–Trinajstić information content (AvgIpc) is 2.68. The van der Waals surface area contributed by atoms with Gasteiger partial charge >= 0.3 is 0 Å². The molecule has 3 rings (SSSR count). The molecular weight excluding hydrogens is 326 g/mol. The Balaban J connectivity index is 1.75. The van der Waals surface area contributed by atoms with E-state index in [4.69, 9.17) is 11.5 Å². The lowest BCUT2D eigenvalue weighted by Gasteiger charge is -2.10. The summed E-state index contributed by atoms with van der Waals surface area (Å²) in [5.41, 5.74) is 15.2. The van der Waals surface area contributed by atoms with Gasteiger partial charge in [0.25, 0.3) is 5.91 Å². The van der Waals surface area contributed by atoms with E-state index in [0.717, 1.165) is 24.2 Å². The molecule has 6 nitrogen and oxygen atoms in total. The maximum absolute atomic E-state index is 11.6. The number of carbonyl (C=O) groups is 1. The van der Waals surface area contributed by atoms with Crippen molar-refractivity contribution < 1.29 is 4.79 Å². The summed E-state index contributed by atoms with van der Waals surface area (Å²) in [6.45, 7) is 0.935. The molecule has 0 aliphatic heterocycles. The molecule has 0 fully saturated rings. The van der Waals surface area contributed by atoms with Gasteiger partial charge in [0.1, 0.15) is 0 Å². The second-order valence-electron chi connectivity index (χ2n) is 5.86. The summed E-state index contributed by atoms with van der Waals surface area (Å²) in [5, 5.41) is 3.40. The van der Waals surface area contributed by atoms with Crippen molar-refractivity contribution in [2.75, 3.05) is 11.9 Å². The highest BCUT2D eigenvalue weighted by Gasteiger charge is 2.12. The molecule has 5 N–H and O–H groups in total. The number of aromatic nitrogens is 2. The summed E-state index contributed by atoms with van der Waals surface area (Å²) < 4.78 is 0. The van der Waals surface area contributed by atoms with Gasteiger partial charge in [-0.15, -0.1) is 0 Å². The minimum atomic E-state index is -0.628. The first-order valence-electron chi connectivity index (χ1n) is 8.41. The molecule has 3 aromatic rings. The quantitative estimate of drug-likeness (QED) is 0.608. The summed E-state index contributed by atoms with van der Waals surface area (Å²) in [4.78, 5) is 20.1. The van der Waals surface area contributed by atoms with Gasteiger partial charge in [0.15, 0.2) is 5.69 Å². The van der Waals surface area contributed by atoms with E-state index in [1.54, 1.807) is 6.20 Å². The molecule has 0 saturated heterocycles. The highest BCUT2D eigenvalue weighted by Crippen LogP contribution is 2.21. The van der Waals surface area contributed by atoms with Gasteiger partial charge < -0.3 is 16.8 Å². The SMILES string of the molecule is NCc1ncc(-c2cccc(NCCc3ccccc3)c2)nc1C(N)=O. The third kappa shape index (κ3) is 4.23. The van der Waals surface area contributed by atoms with Crippen LogP contribution in [0.4, 0.5) is 5.69 Å². The molecule has 0 aliphatic carbocycles. The van der Waals surface area contributed by atoms with Crippen LogP contribution in [0.5, 0.6) is 0 Å². The molecular formula is C20H21N5O. The van der Waals surface area contributed by atoms with E-state index in [1.807, 2.05) is 42.5 Å². The Hall–Kier alpha value is -3.25. The molecule has 0 saturated carbocycles. The number of rotatable bonds is 7. The van der Waals surface area contributed by atoms with Crippen LogP contribution in [0.3, 0.4) is 0 Å². The molecule has 1 heterocycles. The lowest BCUT2D eigenvalue weighted by Crippen LogP contribution is -2.19. The lowest BCUT2D eigenvalue weighted by molar-refractivity contribution is 0.0994. The molecule has 1 aromatic heterocycles. The fourth-order valence-electron chi connectivity index (χ4n) is 2.68. The van der Waals surface area contributed by atoms with Crippen molar-refractivity contribution in [1.82, 2.24) is 9.97 Å². The predicted octanol–water partition coefficient (Wildman–Crippen LogP) is 2.36. The Labute approximate surface area is 152 Å². The molecule has 26 heavy (non-hydrogen) atoms. The number of benzene rings is 2. The maximum atomic E-state index is 11.6. The topological polar surface area (TPSA) is 107 Å². The zero-order valence-corrected chi connectivity index (χ0v) is 14.4. The van der Waals surface area contributed by atoms with Gasteiger partial charge in [-0.25, -0.2) is 4.98 Å². The molecule has 0 aliphatic rings. The molecule has 0 bridgehead atoms. The first-order chi connectivity index (χ1) is 12.7. The molecule has 2 aromatic carbocycles. The minimum absolute atomic E-state index is 0.118. The summed E-state index contributed by atoms with van der Waals surface area (Å²) in [5.74, 6) is -0.628. The normalized spacial score (nSPS) is 10.5. The zero-order valence-electron chi connectivity index (χ0n) is 14.4. The number of hydrogen-bond acceptors (Lipinski definition) is 5. The van der Waals surface area contributed by atoms with Crippen molar-refractivity contribution >= 4 is 11.6 Å². The van der Waals surface area contributed by atoms with Crippen LogP contribution in [-0.4, -0.2) is 22.4 Å². The van der Waals surface area contributed by atoms with E-state index in [9.17, 15) is 4.79 Å². The number of anilines is 1. The van der Waals surface area contributed by atoms with Gasteiger partial charge in [-0.3, -0.25) is 9.78 Å². The van der Waals surface area contributed by atoms with Crippen LogP contribution >= 0.6 is 0 Å². The standard InChI is InChI=1S/C20H21N5O/c21-12-17-19(20(22)26)25-18(13-24-17)15-7-4-8-16(11-15)23-10-9-14-5-2-1-3-6-14/h1-8,11,13,23H,9-10,12,21H2,(H2,22,26).